The molecule has 32 heavy (non-hydrogen) atoms. The lowest BCUT2D eigenvalue weighted by atomic mass is 9.87. The molecule has 5 nitrogen and oxygen atoms in total. The Morgan fingerprint density at radius 2 is 2.00 bits per heavy atom. The Morgan fingerprint density at radius 3 is 2.78 bits per heavy atom. The van der Waals surface area contributed by atoms with Gasteiger partial charge >= 0.3 is 0 Å². The molecule has 1 atom stereocenters. The summed E-state index contributed by atoms with van der Waals surface area (Å²) in [6, 6.07) is 20.2. The molecule has 0 saturated heterocycles. The first-order valence-electron chi connectivity index (χ1n) is 11.1. The summed E-state index contributed by atoms with van der Waals surface area (Å²) in [6.45, 7) is 2.72. The maximum atomic E-state index is 13.0. The number of carbonyl (C=O) groups excluding carboxylic acids is 1. The van der Waals surface area contributed by atoms with E-state index in [2.05, 4.69) is 52.7 Å². The topological polar surface area (TPSA) is 67.0 Å². The molecular formula is C27H29N3O2. The lowest BCUT2D eigenvalue weighted by Crippen LogP contribution is -2.27. The van der Waals surface area contributed by atoms with Gasteiger partial charge in [0.25, 0.3) is 0 Å². The largest absolute Gasteiger partial charge is 0.497 e. The van der Waals surface area contributed by atoms with Crippen molar-refractivity contribution in [2.45, 2.75) is 32.1 Å². The number of nitrogens with zero attached hydrogens (tertiary/aromatic N) is 1. The number of fused-ring (bicyclic) bond motifs is 1. The van der Waals surface area contributed by atoms with Crippen molar-refractivity contribution in [1.29, 1.82) is 0 Å². The zero-order valence-corrected chi connectivity index (χ0v) is 18.6. The number of aryl methyl sites for hydroxylation is 1. The van der Waals surface area contributed by atoms with Crippen LogP contribution in [0.15, 0.2) is 73.1 Å². The van der Waals surface area contributed by atoms with Crippen LogP contribution in [0, 0.1) is 0 Å². The Kier molecular flexibility index (Phi) is 6.85. The number of pyridine rings is 1. The minimum absolute atomic E-state index is 0.0229. The lowest BCUT2D eigenvalue weighted by Gasteiger charge is -2.18. The predicted molar refractivity (Wildman–Crippen MR) is 128 cm³/mol. The number of methoxy groups -OCH3 is 1. The van der Waals surface area contributed by atoms with Gasteiger partial charge in [-0.15, -0.1) is 0 Å². The van der Waals surface area contributed by atoms with Crippen molar-refractivity contribution >= 4 is 16.8 Å². The summed E-state index contributed by atoms with van der Waals surface area (Å²) in [5, 5.41) is 4.24. The van der Waals surface area contributed by atoms with Gasteiger partial charge in [0.05, 0.1) is 7.11 Å². The molecule has 0 aliphatic carbocycles. The average molecular weight is 428 g/mol. The van der Waals surface area contributed by atoms with E-state index in [0.29, 0.717) is 19.4 Å². The summed E-state index contributed by atoms with van der Waals surface area (Å²) < 4.78 is 5.45. The van der Waals surface area contributed by atoms with Gasteiger partial charge < -0.3 is 15.0 Å². The van der Waals surface area contributed by atoms with Gasteiger partial charge in [-0.2, -0.15) is 0 Å². The second-order valence-electron chi connectivity index (χ2n) is 7.89. The minimum atomic E-state index is -0.0826. The van der Waals surface area contributed by atoms with Crippen molar-refractivity contribution in [3.05, 3.63) is 95.4 Å². The third-order valence-corrected chi connectivity index (χ3v) is 5.91. The fraction of sp³-hybridized carbons (Fsp3) is 0.259. The van der Waals surface area contributed by atoms with Crippen LogP contribution in [0.25, 0.3) is 10.9 Å². The first kappa shape index (κ1) is 21.6. The third kappa shape index (κ3) is 4.83. The van der Waals surface area contributed by atoms with Crippen molar-refractivity contribution in [2.75, 3.05) is 13.7 Å². The maximum absolute atomic E-state index is 13.0. The van der Waals surface area contributed by atoms with E-state index in [4.69, 9.17) is 4.74 Å². The van der Waals surface area contributed by atoms with E-state index in [-0.39, 0.29) is 11.8 Å². The highest BCUT2D eigenvalue weighted by molar-refractivity contribution is 5.88. The summed E-state index contributed by atoms with van der Waals surface area (Å²) in [5.74, 6) is 0.729. The number of aromatic amines is 1. The number of H-pyrrole nitrogens is 1. The van der Waals surface area contributed by atoms with Gasteiger partial charge in [-0.05, 0) is 47.4 Å². The van der Waals surface area contributed by atoms with Crippen LogP contribution in [0.5, 0.6) is 5.75 Å². The molecule has 0 spiro atoms. The molecule has 4 rings (SSSR count). The Hall–Kier alpha value is -3.60. The lowest BCUT2D eigenvalue weighted by molar-refractivity contribution is -0.121. The van der Waals surface area contributed by atoms with Crippen molar-refractivity contribution in [2.24, 2.45) is 0 Å². The summed E-state index contributed by atoms with van der Waals surface area (Å²) >= 11 is 0. The van der Waals surface area contributed by atoms with Crippen LogP contribution in [-0.4, -0.2) is 29.5 Å². The quantitative estimate of drug-likeness (QED) is 0.394. The average Bonchev–Trinajstić information content (AvgIpc) is 3.27. The number of ether oxygens (including phenoxy) is 1. The van der Waals surface area contributed by atoms with Gasteiger partial charge in [-0.1, -0.05) is 43.3 Å². The number of hydrogen-bond donors (Lipinski definition) is 2. The zero-order chi connectivity index (χ0) is 22.3. The SMILES string of the molecule is CCc1cccc2c([C@@H](CC(=O)NCCc3ccccn3)c3cccc(OC)c3)c[nH]c12. The standard InChI is InChI=1S/C27H29N3O2/c1-3-19-8-7-12-23-25(18-30-27(19)23)24(20-9-6-11-22(16-20)32-2)17-26(31)29-15-13-21-10-4-5-14-28-21/h4-12,14,16,18,24,30H,3,13,15,17H2,1-2H3,(H,29,31)/t24-/m0/s1. The summed E-state index contributed by atoms with van der Waals surface area (Å²) in [4.78, 5) is 20.7. The van der Waals surface area contributed by atoms with Crippen molar-refractivity contribution in [1.82, 2.24) is 15.3 Å². The van der Waals surface area contributed by atoms with Crippen LogP contribution >= 0.6 is 0 Å². The molecule has 0 saturated carbocycles. The van der Waals surface area contributed by atoms with E-state index in [1.807, 2.05) is 36.4 Å². The van der Waals surface area contributed by atoms with Crippen LogP contribution in [0.1, 0.15) is 41.6 Å². The van der Waals surface area contributed by atoms with Crippen LogP contribution in [-0.2, 0) is 17.6 Å². The Labute approximate surface area is 188 Å². The highest BCUT2D eigenvalue weighted by atomic mass is 16.5. The summed E-state index contributed by atoms with van der Waals surface area (Å²) in [7, 11) is 1.66. The molecule has 1 amide bonds. The van der Waals surface area contributed by atoms with Crippen LogP contribution in [0.2, 0.25) is 0 Å². The van der Waals surface area contributed by atoms with Gasteiger partial charge in [0.15, 0.2) is 0 Å². The molecule has 164 valence electrons. The second-order valence-corrected chi connectivity index (χ2v) is 7.89. The number of benzene rings is 2. The number of aromatic nitrogens is 2. The molecule has 0 unspecified atom stereocenters. The number of para-hydroxylation sites is 1. The van der Waals surface area contributed by atoms with E-state index < -0.39 is 0 Å². The van der Waals surface area contributed by atoms with E-state index in [0.717, 1.165) is 34.5 Å². The molecule has 0 fully saturated rings. The maximum Gasteiger partial charge on any atom is 0.220 e. The molecule has 4 aromatic rings. The monoisotopic (exact) mass is 427 g/mol. The number of carbonyl (C=O) groups is 1. The molecule has 0 aliphatic heterocycles. The highest BCUT2D eigenvalue weighted by Crippen LogP contribution is 2.35. The van der Waals surface area contributed by atoms with Gasteiger partial charge in [0.2, 0.25) is 5.91 Å². The van der Waals surface area contributed by atoms with Crippen LogP contribution in [0.3, 0.4) is 0 Å². The molecule has 2 aromatic carbocycles. The number of hydrogen-bond acceptors (Lipinski definition) is 3. The minimum Gasteiger partial charge on any atom is -0.497 e. The van der Waals surface area contributed by atoms with E-state index in [1.54, 1.807) is 13.3 Å². The Morgan fingerprint density at radius 1 is 1.12 bits per heavy atom. The fourth-order valence-electron chi connectivity index (χ4n) is 4.22. The van der Waals surface area contributed by atoms with E-state index in [1.165, 1.54) is 10.9 Å². The van der Waals surface area contributed by atoms with Gasteiger partial charge in [-0.25, -0.2) is 0 Å². The summed E-state index contributed by atoms with van der Waals surface area (Å²) in [5.41, 5.74) is 5.59. The van der Waals surface area contributed by atoms with Gasteiger partial charge in [0, 0.05) is 54.3 Å². The fourth-order valence-corrected chi connectivity index (χ4v) is 4.22. The molecular weight excluding hydrogens is 398 g/mol. The first-order valence-corrected chi connectivity index (χ1v) is 11.1. The van der Waals surface area contributed by atoms with E-state index >= 15 is 0 Å². The second kappa shape index (κ2) is 10.1. The summed E-state index contributed by atoms with van der Waals surface area (Å²) in [6.07, 6.45) is 5.85. The molecule has 2 heterocycles. The van der Waals surface area contributed by atoms with Crippen molar-refractivity contribution in [3.63, 3.8) is 0 Å². The van der Waals surface area contributed by atoms with E-state index in [9.17, 15) is 4.79 Å². The molecule has 0 radical (unpaired) electrons. The zero-order valence-electron chi connectivity index (χ0n) is 18.6. The van der Waals surface area contributed by atoms with Crippen LogP contribution in [0.4, 0.5) is 0 Å². The van der Waals surface area contributed by atoms with Crippen LogP contribution < -0.4 is 10.1 Å². The highest BCUT2D eigenvalue weighted by Gasteiger charge is 2.22. The van der Waals surface area contributed by atoms with Crippen molar-refractivity contribution < 1.29 is 9.53 Å². The molecule has 0 aliphatic rings. The molecule has 5 heteroatoms. The molecule has 2 N–H and O–H groups in total. The van der Waals surface area contributed by atoms with Gasteiger partial charge in [0.1, 0.15) is 5.75 Å². The number of nitrogens with one attached hydrogen (secondary N) is 2. The first-order chi connectivity index (χ1) is 15.7. The molecule has 2 aromatic heterocycles. The normalized spacial score (nSPS) is 11.9. The van der Waals surface area contributed by atoms with Gasteiger partial charge in [-0.3, -0.25) is 9.78 Å². The smallest absolute Gasteiger partial charge is 0.220 e. The number of rotatable bonds is 9. The third-order valence-electron chi connectivity index (χ3n) is 5.91. The predicted octanol–water partition coefficient (Wildman–Crippen LogP) is 5.01. The Bertz CT molecular complexity index is 1180. The Balaban J connectivity index is 1.59. The van der Waals surface area contributed by atoms with Crippen molar-refractivity contribution in [3.8, 4) is 5.75 Å². The number of amides is 1. The molecule has 0 bridgehead atoms.